The Kier molecular flexibility index (Phi) is 10.5. The van der Waals surface area contributed by atoms with Crippen molar-refractivity contribution in [1.82, 2.24) is 0 Å². The van der Waals surface area contributed by atoms with Crippen molar-refractivity contribution in [1.29, 1.82) is 0 Å². The summed E-state index contributed by atoms with van der Waals surface area (Å²) in [5, 5.41) is 0. The number of hydrogen-bond donors (Lipinski definition) is 0. The van der Waals surface area contributed by atoms with Crippen LogP contribution < -0.4 is 0 Å². The average Bonchev–Trinajstić information content (AvgIpc) is 2.87. The second kappa shape index (κ2) is 13.3. The van der Waals surface area contributed by atoms with Gasteiger partial charge in [0.2, 0.25) is 0 Å². The van der Waals surface area contributed by atoms with Crippen LogP contribution in [0.15, 0.2) is 0 Å². The second-order valence-corrected chi connectivity index (χ2v) is 13.8. The van der Waals surface area contributed by atoms with Crippen LogP contribution in [0.1, 0.15) is 168 Å². The summed E-state index contributed by atoms with van der Waals surface area (Å²) in [4.78, 5) is 0. The Morgan fingerprint density at radius 2 is 1.06 bits per heavy atom. The zero-order chi connectivity index (χ0) is 22.9. The van der Waals surface area contributed by atoms with Crippen molar-refractivity contribution in [3.05, 3.63) is 0 Å². The summed E-state index contributed by atoms with van der Waals surface area (Å²) >= 11 is 0. The maximum absolute atomic E-state index is 2.38. The van der Waals surface area contributed by atoms with E-state index in [0.717, 1.165) is 40.9 Å². The minimum Gasteiger partial charge on any atom is -0.0654 e. The Labute approximate surface area is 208 Å². The molecule has 0 unspecified atom stereocenters. The van der Waals surface area contributed by atoms with Gasteiger partial charge in [0.25, 0.3) is 0 Å². The quantitative estimate of drug-likeness (QED) is 0.306. The topological polar surface area (TPSA) is 0 Å². The first kappa shape index (κ1) is 26.1. The summed E-state index contributed by atoms with van der Waals surface area (Å²) < 4.78 is 0. The van der Waals surface area contributed by atoms with Gasteiger partial charge in [-0.2, -0.15) is 0 Å². The highest BCUT2D eigenvalue weighted by Gasteiger charge is 2.44. The van der Waals surface area contributed by atoms with Crippen LogP contribution in [-0.4, -0.2) is 0 Å². The molecule has 0 saturated heterocycles. The Balaban J connectivity index is 1.27. The minimum absolute atomic E-state index is 0.761. The fraction of sp³-hybridized carbons (Fsp3) is 1.00. The molecule has 0 N–H and O–H groups in total. The van der Waals surface area contributed by atoms with Crippen molar-refractivity contribution in [2.24, 2.45) is 40.9 Å². The van der Waals surface area contributed by atoms with Gasteiger partial charge in [-0.15, -0.1) is 0 Å². The molecule has 0 aliphatic heterocycles. The van der Waals surface area contributed by atoms with Gasteiger partial charge in [0.1, 0.15) is 0 Å². The molecule has 0 aromatic carbocycles. The van der Waals surface area contributed by atoms with E-state index in [1.807, 2.05) is 0 Å². The minimum atomic E-state index is 0.761. The van der Waals surface area contributed by atoms with Crippen molar-refractivity contribution in [2.45, 2.75) is 168 Å². The van der Waals surface area contributed by atoms with E-state index in [0.29, 0.717) is 0 Å². The van der Waals surface area contributed by atoms with Crippen LogP contribution in [0.4, 0.5) is 0 Å². The van der Waals surface area contributed by atoms with Gasteiger partial charge < -0.3 is 0 Å². The van der Waals surface area contributed by atoms with Crippen LogP contribution in [0.5, 0.6) is 0 Å². The first-order chi connectivity index (χ1) is 16.2. The molecule has 0 heteroatoms. The molecule has 4 saturated carbocycles. The molecule has 4 rings (SSSR count). The molecule has 0 heterocycles. The molecule has 0 aromatic heterocycles. The van der Waals surface area contributed by atoms with Gasteiger partial charge in [-0.25, -0.2) is 0 Å². The number of hydrogen-bond acceptors (Lipinski definition) is 0. The normalized spacial score (nSPS) is 38.9. The van der Waals surface area contributed by atoms with Crippen molar-refractivity contribution in [2.75, 3.05) is 0 Å². The summed E-state index contributed by atoms with van der Waals surface area (Å²) in [7, 11) is 0. The van der Waals surface area contributed by atoms with E-state index in [1.165, 1.54) is 38.5 Å². The summed E-state index contributed by atoms with van der Waals surface area (Å²) in [5.74, 6) is 6.50. The van der Waals surface area contributed by atoms with E-state index in [1.54, 1.807) is 116 Å². The third-order valence-electron chi connectivity index (χ3n) is 11.5. The average molecular weight is 457 g/mol. The van der Waals surface area contributed by atoms with E-state index in [4.69, 9.17) is 0 Å². The number of unbranched alkanes of at least 4 members (excludes halogenated alkanes) is 1. The van der Waals surface area contributed by atoms with Crippen LogP contribution >= 0.6 is 0 Å². The van der Waals surface area contributed by atoms with Crippen molar-refractivity contribution < 1.29 is 0 Å². The molecule has 33 heavy (non-hydrogen) atoms. The van der Waals surface area contributed by atoms with Crippen molar-refractivity contribution in [3.8, 4) is 0 Å². The van der Waals surface area contributed by atoms with E-state index < -0.39 is 0 Å². The first-order valence-electron chi connectivity index (χ1n) is 16.2. The standard InChI is InChI=1S/C33H60/c1-3-5-10-28-15-19-31(20-16-28)26-33(32-11-7-6-8-12-32)23-21-30(22-24-33)25-29-17-13-27(9-4-2)14-18-29/h27-32H,3-26H2,1-2H3/t27-,28-,29-,30-,31-,33-. The lowest BCUT2D eigenvalue weighted by Crippen LogP contribution is -2.39. The van der Waals surface area contributed by atoms with Gasteiger partial charge in [0.05, 0.1) is 0 Å². The molecule has 0 spiro atoms. The monoisotopic (exact) mass is 456 g/mol. The van der Waals surface area contributed by atoms with E-state index in [2.05, 4.69) is 13.8 Å². The van der Waals surface area contributed by atoms with Gasteiger partial charge >= 0.3 is 0 Å². The van der Waals surface area contributed by atoms with Crippen molar-refractivity contribution >= 4 is 0 Å². The van der Waals surface area contributed by atoms with E-state index in [-0.39, 0.29) is 0 Å². The lowest BCUT2D eigenvalue weighted by Gasteiger charge is -2.50. The lowest BCUT2D eigenvalue weighted by atomic mass is 9.55. The van der Waals surface area contributed by atoms with Gasteiger partial charge in [-0.1, -0.05) is 117 Å². The smallest absolute Gasteiger partial charge is 0.0266 e. The Hall–Kier alpha value is 0. The maximum atomic E-state index is 2.38. The summed E-state index contributed by atoms with van der Waals surface area (Å²) in [5.41, 5.74) is 0.761. The molecular formula is C33H60. The fourth-order valence-corrected chi connectivity index (χ4v) is 9.41. The molecule has 4 aliphatic carbocycles. The van der Waals surface area contributed by atoms with Crippen LogP contribution in [-0.2, 0) is 0 Å². The van der Waals surface area contributed by atoms with Crippen molar-refractivity contribution in [3.63, 3.8) is 0 Å². The fourth-order valence-electron chi connectivity index (χ4n) is 9.41. The molecule has 0 amide bonds. The predicted molar refractivity (Wildman–Crippen MR) is 146 cm³/mol. The second-order valence-electron chi connectivity index (χ2n) is 13.8. The van der Waals surface area contributed by atoms with Gasteiger partial charge in [0.15, 0.2) is 0 Å². The molecule has 0 bridgehead atoms. The van der Waals surface area contributed by atoms with Gasteiger partial charge in [-0.3, -0.25) is 0 Å². The Bertz CT molecular complexity index is 504. The first-order valence-corrected chi connectivity index (χ1v) is 16.2. The zero-order valence-electron chi connectivity index (χ0n) is 22.9. The highest BCUT2D eigenvalue weighted by atomic mass is 14.5. The summed E-state index contributed by atoms with van der Waals surface area (Å²) in [6, 6.07) is 0. The van der Waals surface area contributed by atoms with E-state index >= 15 is 0 Å². The van der Waals surface area contributed by atoms with Gasteiger partial charge in [0, 0.05) is 0 Å². The molecule has 0 nitrogen and oxygen atoms in total. The van der Waals surface area contributed by atoms with Crippen LogP contribution in [0.3, 0.4) is 0 Å². The highest BCUT2D eigenvalue weighted by molar-refractivity contribution is 4.95. The molecule has 0 radical (unpaired) electrons. The highest BCUT2D eigenvalue weighted by Crippen LogP contribution is 2.55. The van der Waals surface area contributed by atoms with Crippen LogP contribution in [0.2, 0.25) is 0 Å². The molecule has 192 valence electrons. The third kappa shape index (κ3) is 7.49. The lowest BCUT2D eigenvalue weighted by molar-refractivity contribution is 0.0102. The SMILES string of the molecule is CCCC[C@H]1CC[C@H](C[C@]2(C3CCCCC3)CC[C@H](C[C@H]3CC[C@H](CCC)CC3)CC2)CC1. The largest absolute Gasteiger partial charge is 0.0654 e. The molecule has 0 atom stereocenters. The maximum Gasteiger partial charge on any atom is -0.0266 e. The summed E-state index contributed by atoms with van der Waals surface area (Å²) in [6.07, 6.45) is 37.2. The Morgan fingerprint density at radius 1 is 0.515 bits per heavy atom. The molecular weight excluding hydrogens is 396 g/mol. The zero-order valence-corrected chi connectivity index (χ0v) is 22.9. The predicted octanol–water partition coefficient (Wildman–Crippen LogP) is 11.1. The molecule has 4 aliphatic rings. The third-order valence-corrected chi connectivity index (χ3v) is 11.5. The van der Waals surface area contributed by atoms with Crippen LogP contribution in [0, 0.1) is 40.9 Å². The molecule has 0 aromatic rings. The van der Waals surface area contributed by atoms with E-state index in [9.17, 15) is 0 Å². The Morgan fingerprint density at radius 3 is 1.67 bits per heavy atom. The van der Waals surface area contributed by atoms with Gasteiger partial charge in [-0.05, 0) is 92.3 Å². The van der Waals surface area contributed by atoms with Crippen LogP contribution in [0.25, 0.3) is 0 Å². The number of rotatable bonds is 10. The molecule has 4 fully saturated rings. The summed E-state index contributed by atoms with van der Waals surface area (Å²) in [6.45, 7) is 4.75.